The van der Waals surface area contributed by atoms with E-state index in [1.54, 1.807) is 31.2 Å². The van der Waals surface area contributed by atoms with Gasteiger partial charge in [0.05, 0.1) is 4.90 Å². The molecular weight excluding hydrogens is 354 g/mol. The molecule has 0 saturated heterocycles. The predicted octanol–water partition coefficient (Wildman–Crippen LogP) is 2.87. The number of fused-ring (bicyclic) bond motifs is 1. The number of sulfonamides is 1. The van der Waals surface area contributed by atoms with Crippen LogP contribution in [0.2, 0.25) is 0 Å². The highest BCUT2D eigenvalue weighted by Gasteiger charge is 2.24. The molecule has 3 rings (SSSR count). The van der Waals surface area contributed by atoms with Crippen LogP contribution in [0.25, 0.3) is 0 Å². The smallest absolute Gasteiger partial charge is 0.243 e. The van der Waals surface area contributed by atoms with E-state index in [4.69, 9.17) is 9.47 Å². The molecule has 0 fully saturated rings. The number of nitrogens with zero attached hydrogens (tertiary/aromatic N) is 1. The van der Waals surface area contributed by atoms with E-state index in [0.29, 0.717) is 36.8 Å². The van der Waals surface area contributed by atoms with Gasteiger partial charge < -0.3 is 9.47 Å². The van der Waals surface area contributed by atoms with Crippen molar-refractivity contribution in [1.82, 2.24) is 4.31 Å². The van der Waals surface area contributed by atoms with E-state index in [9.17, 15) is 13.2 Å². The lowest BCUT2D eigenvalue weighted by molar-refractivity contribution is 0.101. The van der Waals surface area contributed by atoms with Crippen LogP contribution in [0, 0.1) is 0 Å². The van der Waals surface area contributed by atoms with Gasteiger partial charge in [0.25, 0.3) is 0 Å². The van der Waals surface area contributed by atoms with Crippen LogP contribution in [-0.4, -0.2) is 38.3 Å². The van der Waals surface area contributed by atoms with Gasteiger partial charge in [-0.15, -0.1) is 0 Å². The number of carbonyl (C=O) groups is 1. The number of hydrogen-bond acceptors (Lipinski definition) is 5. The van der Waals surface area contributed by atoms with Gasteiger partial charge in [-0.25, -0.2) is 8.42 Å². The van der Waals surface area contributed by atoms with Crippen LogP contribution in [0.3, 0.4) is 0 Å². The summed E-state index contributed by atoms with van der Waals surface area (Å²) in [4.78, 5) is 11.7. The van der Waals surface area contributed by atoms with Gasteiger partial charge in [0.2, 0.25) is 10.0 Å². The van der Waals surface area contributed by atoms with Crippen molar-refractivity contribution < 1.29 is 22.7 Å². The van der Waals surface area contributed by atoms with Crippen LogP contribution in [0.15, 0.2) is 47.4 Å². The summed E-state index contributed by atoms with van der Waals surface area (Å²) in [7, 11) is -3.72. The Kier molecular flexibility index (Phi) is 5.29. The standard InChI is InChI=1S/C19H21NO5S/c1-3-20(13-15-7-8-18-19(11-15)25-10-9-24-18)26(22,23)17-6-4-5-16(12-17)14(2)21/h4-8,11-12H,3,9-10,13H2,1-2H3. The fraction of sp³-hybridized carbons (Fsp3) is 0.316. The number of rotatable bonds is 6. The molecule has 0 amide bonds. The Morgan fingerprint density at radius 1 is 1.08 bits per heavy atom. The second-order valence-electron chi connectivity index (χ2n) is 5.99. The molecule has 1 aliphatic rings. The Balaban J connectivity index is 1.88. The zero-order chi connectivity index (χ0) is 18.7. The molecular formula is C19H21NO5S. The van der Waals surface area contributed by atoms with Gasteiger partial charge in [0, 0.05) is 18.7 Å². The normalized spacial score (nSPS) is 13.7. The van der Waals surface area contributed by atoms with Crippen molar-refractivity contribution in [1.29, 1.82) is 0 Å². The van der Waals surface area contributed by atoms with E-state index in [1.807, 2.05) is 6.07 Å². The summed E-state index contributed by atoms with van der Waals surface area (Å²) in [6.07, 6.45) is 0. The molecule has 2 aromatic rings. The van der Waals surface area contributed by atoms with Crippen molar-refractivity contribution in [2.45, 2.75) is 25.3 Å². The highest BCUT2D eigenvalue weighted by molar-refractivity contribution is 7.89. The molecule has 138 valence electrons. The Labute approximate surface area is 153 Å². The molecule has 1 heterocycles. The van der Waals surface area contributed by atoms with E-state index in [-0.39, 0.29) is 17.2 Å². The minimum absolute atomic E-state index is 0.115. The van der Waals surface area contributed by atoms with Crippen LogP contribution >= 0.6 is 0 Å². The molecule has 26 heavy (non-hydrogen) atoms. The first kappa shape index (κ1) is 18.4. The van der Waals surface area contributed by atoms with E-state index >= 15 is 0 Å². The monoisotopic (exact) mass is 375 g/mol. The van der Waals surface area contributed by atoms with Crippen LogP contribution in [-0.2, 0) is 16.6 Å². The first-order valence-electron chi connectivity index (χ1n) is 8.41. The van der Waals surface area contributed by atoms with Crippen LogP contribution in [0.1, 0.15) is 29.8 Å². The number of Topliss-reactive ketones (excluding diaryl/α,β-unsaturated/α-hetero) is 1. The second-order valence-corrected chi connectivity index (χ2v) is 7.93. The summed E-state index contributed by atoms with van der Waals surface area (Å²) < 4.78 is 38.4. The highest BCUT2D eigenvalue weighted by Crippen LogP contribution is 2.31. The molecule has 7 heteroatoms. The summed E-state index contributed by atoms with van der Waals surface area (Å²) in [6.45, 7) is 4.70. The molecule has 0 bridgehead atoms. The molecule has 0 saturated carbocycles. The van der Waals surface area contributed by atoms with E-state index < -0.39 is 10.0 Å². The maximum Gasteiger partial charge on any atom is 0.243 e. The minimum atomic E-state index is -3.72. The van der Waals surface area contributed by atoms with Gasteiger partial charge in [0.1, 0.15) is 13.2 Å². The third-order valence-corrected chi connectivity index (χ3v) is 6.11. The molecule has 6 nitrogen and oxygen atoms in total. The second kappa shape index (κ2) is 7.47. The Hall–Kier alpha value is -2.38. The lowest BCUT2D eigenvalue weighted by Crippen LogP contribution is -2.30. The largest absolute Gasteiger partial charge is 0.486 e. The van der Waals surface area contributed by atoms with Crippen molar-refractivity contribution in [3.63, 3.8) is 0 Å². The number of ether oxygens (including phenoxy) is 2. The maximum absolute atomic E-state index is 13.0. The molecule has 0 aliphatic carbocycles. The SMILES string of the molecule is CCN(Cc1ccc2c(c1)OCCO2)S(=O)(=O)c1cccc(C(C)=O)c1. The first-order chi connectivity index (χ1) is 12.4. The van der Waals surface area contributed by atoms with Crippen molar-refractivity contribution >= 4 is 15.8 Å². The van der Waals surface area contributed by atoms with Crippen molar-refractivity contribution in [2.24, 2.45) is 0 Å². The molecule has 0 N–H and O–H groups in total. The molecule has 0 aromatic heterocycles. The van der Waals surface area contributed by atoms with Crippen molar-refractivity contribution in [2.75, 3.05) is 19.8 Å². The van der Waals surface area contributed by atoms with Gasteiger partial charge in [-0.05, 0) is 36.8 Å². The lowest BCUT2D eigenvalue weighted by atomic mass is 10.2. The summed E-state index contributed by atoms with van der Waals surface area (Å²) in [5.74, 6) is 1.12. The lowest BCUT2D eigenvalue weighted by Gasteiger charge is -2.23. The highest BCUT2D eigenvalue weighted by atomic mass is 32.2. The van der Waals surface area contributed by atoms with Crippen molar-refractivity contribution in [3.8, 4) is 11.5 Å². The van der Waals surface area contributed by atoms with Crippen LogP contribution in [0.5, 0.6) is 11.5 Å². The molecule has 0 atom stereocenters. The molecule has 0 radical (unpaired) electrons. The van der Waals surface area contributed by atoms with E-state index in [1.165, 1.54) is 23.4 Å². The predicted molar refractivity (Wildman–Crippen MR) is 97.1 cm³/mol. The van der Waals surface area contributed by atoms with Crippen molar-refractivity contribution in [3.05, 3.63) is 53.6 Å². The molecule has 1 aliphatic heterocycles. The fourth-order valence-electron chi connectivity index (χ4n) is 2.78. The number of hydrogen-bond donors (Lipinski definition) is 0. The Morgan fingerprint density at radius 3 is 2.50 bits per heavy atom. The van der Waals surface area contributed by atoms with Crippen LogP contribution in [0.4, 0.5) is 0 Å². The molecule has 2 aromatic carbocycles. The quantitative estimate of drug-likeness (QED) is 0.726. The van der Waals surface area contributed by atoms with Gasteiger partial charge in [-0.1, -0.05) is 25.1 Å². The Bertz CT molecular complexity index is 923. The van der Waals surface area contributed by atoms with Gasteiger partial charge in [0.15, 0.2) is 17.3 Å². The van der Waals surface area contributed by atoms with Gasteiger partial charge in [-0.3, -0.25) is 4.79 Å². The first-order valence-corrected chi connectivity index (χ1v) is 9.85. The van der Waals surface area contributed by atoms with E-state index in [2.05, 4.69) is 0 Å². The summed E-state index contributed by atoms with van der Waals surface area (Å²) >= 11 is 0. The minimum Gasteiger partial charge on any atom is -0.486 e. The maximum atomic E-state index is 13.0. The summed E-state index contributed by atoms with van der Waals surface area (Å²) in [5, 5.41) is 0. The zero-order valence-corrected chi connectivity index (χ0v) is 15.6. The summed E-state index contributed by atoms with van der Waals surface area (Å²) in [5.41, 5.74) is 1.18. The number of ketones is 1. The number of benzene rings is 2. The zero-order valence-electron chi connectivity index (χ0n) is 14.8. The number of carbonyl (C=O) groups excluding carboxylic acids is 1. The summed E-state index contributed by atoms with van der Waals surface area (Å²) in [6, 6.07) is 11.6. The molecule has 0 unspecified atom stereocenters. The van der Waals surface area contributed by atoms with Gasteiger partial charge in [-0.2, -0.15) is 4.31 Å². The third kappa shape index (κ3) is 3.73. The van der Waals surface area contributed by atoms with Crippen LogP contribution < -0.4 is 9.47 Å². The van der Waals surface area contributed by atoms with E-state index in [0.717, 1.165) is 5.56 Å². The average molecular weight is 375 g/mol. The third-order valence-electron chi connectivity index (χ3n) is 4.20. The van der Waals surface area contributed by atoms with Gasteiger partial charge >= 0.3 is 0 Å². The average Bonchev–Trinajstić information content (AvgIpc) is 2.65. The fourth-order valence-corrected chi connectivity index (χ4v) is 4.26. The topological polar surface area (TPSA) is 72.9 Å². The Morgan fingerprint density at radius 2 is 1.81 bits per heavy atom. The molecule has 0 spiro atoms.